The number of carbonyl (C=O) groups is 1. The van der Waals surface area contributed by atoms with Crippen molar-refractivity contribution in [3.63, 3.8) is 0 Å². The number of rotatable bonds is 6. The maximum absolute atomic E-state index is 12.5. The maximum atomic E-state index is 12.5. The molecule has 2 rings (SSSR count). The van der Waals surface area contributed by atoms with Gasteiger partial charge in [0.15, 0.2) is 0 Å². The highest BCUT2D eigenvalue weighted by Gasteiger charge is 2.25. The van der Waals surface area contributed by atoms with Crippen LogP contribution in [0.3, 0.4) is 0 Å². The summed E-state index contributed by atoms with van der Waals surface area (Å²) in [4.78, 5) is 11.5. The van der Waals surface area contributed by atoms with Crippen LogP contribution in [-0.2, 0) is 4.79 Å². The Balaban J connectivity index is 1.88. The first-order valence-corrected chi connectivity index (χ1v) is 7.00. The van der Waals surface area contributed by atoms with Gasteiger partial charge in [0.2, 0.25) is 5.91 Å². The van der Waals surface area contributed by atoms with E-state index in [0.717, 1.165) is 0 Å². The maximum Gasteiger partial charge on any atom is 0.322 e. The molecule has 3 nitrogen and oxygen atoms in total. The quantitative estimate of drug-likeness (QED) is 0.756. The standard InChI is InChI=1S/C16H14ClF2NO2/c17-16(18,19)11-10-15(21)20-12-6-8-14(9-7-12)22-13-4-2-1-3-5-13/h1-9H,10-11H2,(H,20,21). The summed E-state index contributed by atoms with van der Waals surface area (Å²) in [5.41, 5.74) is 0.503. The van der Waals surface area contributed by atoms with Gasteiger partial charge >= 0.3 is 5.38 Å². The summed E-state index contributed by atoms with van der Waals surface area (Å²) in [6, 6.07) is 15.9. The van der Waals surface area contributed by atoms with Crippen molar-refractivity contribution in [1.82, 2.24) is 0 Å². The number of nitrogens with one attached hydrogen (secondary N) is 1. The van der Waals surface area contributed by atoms with Crippen molar-refractivity contribution >= 4 is 23.2 Å². The summed E-state index contributed by atoms with van der Waals surface area (Å²) in [6.07, 6.45) is -1.05. The SMILES string of the molecule is O=C(CCC(F)(F)Cl)Nc1ccc(Oc2ccccc2)cc1. The highest BCUT2D eigenvalue weighted by Crippen LogP contribution is 2.25. The number of para-hydroxylation sites is 1. The predicted octanol–water partition coefficient (Wildman–Crippen LogP) is 5.03. The van der Waals surface area contributed by atoms with Gasteiger partial charge in [0.05, 0.1) is 0 Å². The van der Waals surface area contributed by atoms with Gasteiger partial charge in [-0.2, -0.15) is 8.78 Å². The van der Waals surface area contributed by atoms with Crippen molar-refractivity contribution in [3.05, 3.63) is 54.6 Å². The molecule has 0 atom stereocenters. The van der Waals surface area contributed by atoms with Gasteiger partial charge in [-0.1, -0.05) is 18.2 Å². The molecule has 0 aliphatic heterocycles. The minimum absolute atomic E-state index is 0.348. The van der Waals surface area contributed by atoms with E-state index in [2.05, 4.69) is 5.32 Å². The molecule has 0 radical (unpaired) electrons. The molecule has 0 fully saturated rings. The van der Waals surface area contributed by atoms with E-state index < -0.39 is 17.7 Å². The summed E-state index contributed by atoms with van der Waals surface area (Å²) in [5, 5.41) is -0.837. The molecule has 6 heteroatoms. The van der Waals surface area contributed by atoms with Crippen LogP contribution in [0.5, 0.6) is 11.5 Å². The Labute approximate surface area is 131 Å². The van der Waals surface area contributed by atoms with E-state index in [1.165, 1.54) is 0 Å². The smallest absolute Gasteiger partial charge is 0.322 e. The molecule has 0 unspecified atom stereocenters. The van der Waals surface area contributed by atoms with E-state index in [-0.39, 0.29) is 6.42 Å². The molecular weight excluding hydrogens is 312 g/mol. The monoisotopic (exact) mass is 325 g/mol. The molecule has 2 aromatic rings. The Morgan fingerprint density at radius 2 is 1.64 bits per heavy atom. The number of alkyl halides is 3. The molecule has 0 saturated carbocycles. The van der Waals surface area contributed by atoms with Crippen LogP contribution < -0.4 is 10.1 Å². The van der Waals surface area contributed by atoms with Crippen molar-refractivity contribution < 1.29 is 18.3 Å². The number of anilines is 1. The number of amides is 1. The van der Waals surface area contributed by atoms with Gasteiger partial charge in [-0.15, -0.1) is 0 Å². The fourth-order valence-corrected chi connectivity index (χ4v) is 1.80. The van der Waals surface area contributed by atoms with Gasteiger partial charge in [0.1, 0.15) is 11.5 Å². The zero-order chi connectivity index (χ0) is 16.0. The minimum Gasteiger partial charge on any atom is -0.457 e. The number of hydrogen-bond acceptors (Lipinski definition) is 2. The van der Waals surface area contributed by atoms with Crippen molar-refractivity contribution in [3.8, 4) is 11.5 Å². The van der Waals surface area contributed by atoms with Gasteiger partial charge in [-0.05, 0) is 48.0 Å². The fourth-order valence-electron chi connectivity index (χ4n) is 1.71. The minimum atomic E-state index is -3.36. The Hall–Kier alpha value is -2.14. The molecule has 22 heavy (non-hydrogen) atoms. The van der Waals surface area contributed by atoms with Crippen LogP contribution in [0.1, 0.15) is 12.8 Å². The number of benzene rings is 2. The molecule has 0 aliphatic rings. The second-order valence-electron chi connectivity index (χ2n) is 4.60. The first kappa shape index (κ1) is 16.2. The third kappa shape index (κ3) is 5.69. The highest BCUT2D eigenvalue weighted by atomic mass is 35.5. The average molecular weight is 326 g/mol. The van der Waals surface area contributed by atoms with Crippen LogP contribution in [0.15, 0.2) is 54.6 Å². The van der Waals surface area contributed by atoms with Gasteiger partial charge < -0.3 is 10.1 Å². The van der Waals surface area contributed by atoms with E-state index in [1.807, 2.05) is 30.3 Å². The molecule has 0 heterocycles. The highest BCUT2D eigenvalue weighted by molar-refractivity contribution is 6.21. The normalized spacial score (nSPS) is 11.0. The molecule has 0 saturated heterocycles. The Morgan fingerprint density at radius 3 is 2.23 bits per heavy atom. The second kappa shape index (κ2) is 7.22. The lowest BCUT2D eigenvalue weighted by atomic mass is 10.2. The molecule has 2 aromatic carbocycles. The lowest BCUT2D eigenvalue weighted by Crippen LogP contribution is -2.15. The van der Waals surface area contributed by atoms with Crippen molar-refractivity contribution in [1.29, 1.82) is 0 Å². The third-order valence-corrected chi connectivity index (χ3v) is 2.94. The van der Waals surface area contributed by atoms with Crippen LogP contribution >= 0.6 is 11.6 Å². The molecule has 1 amide bonds. The van der Waals surface area contributed by atoms with Crippen molar-refractivity contribution in [2.75, 3.05) is 5.32 Å². The Morgan fingerprint density at radius 1 is 1.05 bits per heavy atom. The number of carbonyl (C=O) groups excluding carboxylic acids is 1. The van der Waals surface area contributed by atoms with Gasteiger partial charge in [0, 0.05) is 18.5 Å². The summed E-state index contributed by atoms with van der Waals surface area (Å²) in [7, 11) is 0. The molecular formula is C16H14ClF2NO2. The fraction of sp³-hybridized carbons (Fsp3) is 0.188. The summed E-state index contributed by atoms with van der Waals surface area (Å²) < 4.78 is 30.5. The number of hydrogen-bond donors (Lipinski definition) is 1. The van der Waals surface area contributed by atoms with E-state index in [1.54, 1.807) is 24.3 Å². The first-order chi connectivity index (χ1) is 10.4. The van der Waals surface area contributed by atoms with E-state index in [4.69, 9.17) is 16.3 Å². The van der Waals surface area contributed by atoms with Crippen molar-refractivity contribution in [2.45, 2.75) is 18.2 Å². The number of ether oxygens (including phenoxy) is 1. The molecule has 0 aromatic heterocycles. The Kier molecular flexibility index (Phi) is 5.33. The summed E-state index contributed by atoms with van der Waals surface area (Å²) >= 11 is 4.75. The van der Waals surface area contributed by atoms with Crippen LogP contribution in [0.2, 0.25) is 0 Å². The largest absolute Gasteiger partial charge is 0.457 e. The van der Waals surface area contributed by atoms with Gasteiger partial charge in [-0.3, -0.25) is 4.79 Å². The van der Waals surface area contributed by atoms with Crippen LogP contribution in [0.25, 0.3) is 0 Å². The molecule has 116 valence electrons. The molecule has 0 bridgehead atoms. The average Bonchev–Trinajstić information content (AvgIpc) is 2.48. The lowest BCUT2D eigenvalue weighted by molar-refractivity contribution is -0.117. The molecule has 0 spiro atoms. The topological polar surface area (TPSA) is 38.3 Å². The summed E-state index contributed by atoms with van der Waals surface area (Å²) in [5.74, 6) is 0.789. The number of halogens is 3. The molecule has 1 N–H and O–H groups in total. The van der Waals surface area contributed by atoms with Crippen molar-refractivity contribution in [2.24, 2.45) is 0 Å². The molecule has 0 aliphatic carbocycles. The predicted molar refractivity (Wildman–Crippen MR) is 81.6 cm³/mol. The lowest BCUT2D eigenvalue weighted by Gasteiger charge is -2.09. The zero-order valence-corrected chi connectivity index (χ0v) is 12.3. The summed E-state index contributed by atoms with van der Waals surface area (Å²) in [6.45, 7) is 0. The zero-order valence-electron chi connectivity index (χ0n) is 11.6. The first-order valence-electron chi connectivity index (χ1n) is 6.62. The van der Waals surface area contributed by atoms with Gasteiger partial charge in [0.25, 0.3) is 0 Å². The Bertz CT molecular complexity index is 612. The van der Waals surface area contributed by atoms with E-state index in [0.29, 0.717) is 17.2 Å². The second-order valence-corrected chi connectivity index (χ2v) is 5.16. The van der Waals surface area contributed by atoms with Gasteiger partial charge in [-0.25, -0.2) is 0 Å². The van der Waals surface area contributed by atoms with E-state index in [9.17, 15) is 13.6 Å². The van der Waals surface area contributed by atoms with Crippen LogP contribution in [0.4, 0.5) is 14.5 Å². The third-order valence-electron chi connectivity index (χ3n) is 2.75. The van der Waals surface area contributed by atoms with Crippen LogP contribution in [-0.4, -0.2) is 11.3 Å². The van der Waals surface area contributed by atoms with Crippen LogP contribution in [0, 0.1) is 0 Å². The van der Waals surface area contributed by atoms with E-state index >= 15 is 0 Å².